The van der Waals surface area contributed by atoms with Crippen molar-refractivity contribution in [3.63, 3.8) is 0 Å². The molecule has 7 nitrogen and oxygen atoms in total. The zero-order valence-corrected chi connectivity index (χ0v) is 19.2. The molecule has 2 rings (SSSR count). The molecular formula is C18H27IN4O3S. The molecule has 0 atom stereocenters. The molecule has 0 bridgehead atoms. The molecule has 0 aliphatic carbocycles. The molecule has 2 N–H and O–H groups in total. The van der Waals surface area contributed by atoms with Gasteiger partial charge in [-0.15, -0.1) is 24.0 Å². The van der Waals surface area contributed by atoms with Crippen LogP contribution in [0.4, 0.5) is 0 Å². The van der Waals surface area contributed by atoms with Crippen LogP contribution in [0.1, 0.15) is 26.5 Å². The van der Waals surface area contributed by atoms with Crippen molar-refractivity contribution in [3.05, 3.63) is 42.3 Å². The number of aromatic nitrogens is 1. The van der Waals surface area contributed by atoms with Crippen molar-refractivity contribution in [1.29, 1.82) is 0 Å². The minimum atomic E-state index is -3.18. The number of sulfone groups is 1. The summed E-state index contributed by atoms with van der Waals surface area (Å²) < 4.78 is 28.2. The van der Waals surface area contributed by atoms with E-state index in [1.54, 1.807) is 20.1 Å². The highest BCUT2D eigenvalue weighted by Crippen LogP contribution is 2.18. The molecule has 1 aromatic carbocycles. The zero-order valence-electron chi connectivity index (χ0n) is 16.0. The van der Waals surface area contributed by atoms with E-state index in [0.29, 0.717) is 30.6 Å². The molecule has 0 saturated carbocycles. The number of aliphatic imine (C=N–C) groups is 1. The zero-order chi connectivity index (χ0) is 19.2. The molecule has 0 aliphatic heterocycles. The summed E-state index contributed by atoms with van der Waals surface area (Å²) in [5.41, 5.74) is 1.60. The highest BCUT2D eigenvalue weighted by molar-refractivity contribution is 14.0. The van der Waals surface area contributed by atoms with Gasteiger partial charge in [0.1, 0.15) is 12.0 Å². The fourth-order valence-corrected chi connectivity index (χ4v) is 2.36. The highest BCUT2D eigenvalue weighted by atomic mass is 127. The molecule has 0 unspecified atom stereocenters. The van der Waals surface area contributed by atoms with Gasteiger partial charge in [-0.25, -0.2) is 18.4 Å². The van der Waals surface area contributed by atoms with E-state index in [-0.39, 0.29) is 30.5 Å². The first-order valence-electron chi connectivity index (χ1n) is 8.44. The number of halogens is 1. The largest absolute Gasteiger partial charge is 0.444 e. The third-order valence-electron chi connectivity index (χ3n) is 4.00. The van der Waals surface area contributed by atoms with E-state index >= 15 is 0 Å². The highest BCUT2D eigenvalue weighted by Gasteiger charge is 2.30. The van der Waals surface area contributed by atoms with Crippen molar-refractivity contribution in [1.82, 2.24) is 15.6 Å². The van der Waals surface area contributed by atoms with Crippen LogP contribution in [0, 0.1) is 0 Å². The molecular weight excluding hydrogens is 479 g/mol. The minimum absolute atomic E-state index is 0. The second-order valence-electron chi connectivity index (χ2n) is 6.59. The van der Waals surface area contributed by atoms with Crippen LogP contribution in [0.3, 0.4) is 0 Å². The second kappa shape index (κ2) is 10.1. The number of oxazole rings is 1. The molecule has 0 fully saturated rings. The molecule has 1 aromatic heterocycles. The molecule has 2 aromatic rings. The van der Waals surface area contributed by atoms with Crippen LogP contribution in [0.2, 0.25) is 0 Å². The Kier molecular flexibility index (Phi) is 8.73. The van der Waals surface area contributed by atoms with Crippen LogP contribution in [0.25, 0.3) is 11.5 Å². The molecule has 27 heavy (non-hydrogen) atoms. The molecule has 0 spiro atoms. The monoisotopic (exact) mass is 506 g/mol. The predicted molar refractivity (Wildman–Crippen MR) is 119 cm³/mol. The molecule has 0 amide bonds. The third kappa shape index (κ3) is 6.80. The molecule has 0 saturated heterocycles. The molecule has 0 radical (unpaired) electrons. The Hall–Kier alpha value is -1.62. The Labute approximate surface area is 178 Å². The van der Waals surface area contributed by atoms with Gasteiger partial charge in [0, 0.05) is 24.9 Å². The summed E-state index contributed by atoms with van der Waals surface area (Å²) in [5.74, 6) is 1.08. The van der Waals surface area contributed by atoms with Gasteiger partial charge in [0.2, 0.25) is 5.89 Å². The van der Waals surface area contributed by atoms with E-state index in [2.05, 4.69) is 20.6 Å². The fourth-order valence-electron chi connectivity index (χ4n) is 2.02. The van der Waals surface area contributed by atoms with Gasteiger partial charge in [0.15, 0.2) is 15.8 Å². The average molecular weight is 506 g/mol. The number of rotatable bonds is 7. The van der Waals surface area contributed by atoms with Crippen LogP contribution >= 0.6 is 24.0 Å². The number of hydrogen-bond acceptors (Lipinski definition) is 5. The van der Waals surface area contributed by atoms with Crippen LogP contribution in [-0.4, -0.2) is 43.5 Å². The second-order valence-corrected chi connectivity index (χ2v) is 9.24. The Morgan fingerprint density at radius 2 is 1.89 bits per heavy atom. The lowest BCUT2D eigenvalue weighted by Gasteiger charge is -2.24. The van der Waals surface area contributed by atoms with Crippen LogP contribution in [-0.2, 0) is 16.4 Å². The summed E-state index contributed by atoms with van der Waals surface area (Å²) in [6.07, 6.45) is 2.81. The summed E-state index contributed by atoms with van der Waals surface area (Å²) in [7, 11) is -3.18. The first-order chi connectivity index (χ1) is 12.2. The SMILES string of the molecule is CCNC(=NCc1coc(-c2ccccc2)n1)NCC(C)(C)S(C)(=O)=O.I. The van der Waals surface area contributed by atoms with Gasteiger partial charge in [-0.2, -0.15) is 0 Å². The summed E-state index contributed by atoms with van der Waals surface area (Å²) in [5, 5.41) is 6.18. The van der Waals surface area contributed by atoms with Crippen molar-refractivity contribution in [2.45, 2.75) is 32.1 Å². The topological polar surface area (TPSA) is 96.6 Å². The van der Waals surface area contributed by atoms with Crippen molar-refractivity contribution in [2.24, 2.45) is 4.99 Å². The minimum Gasteiger partial charge on any atom is -0.444 e. The van der Waals surface area contributed by atoms with Crippen LogP contribution in [0.15, 0.2) is 46.0 Å². The van der Waals surface area contributed by atoms with Crippen molar-refractivity contribution >= 4 is 39.8 Å². The molecule has 150 valence electrons. The number of hydrogen-bond donors (Lipinski definition) is 2. The maximum absolute atomic E-state index is 11.8. The molecule has 9 heteroatoms. The van der Waals surface area contributed by atoms with Crippen LogP contribution < -0.4 is 10.6 Å². The van der Waals surface area contributed by atoms with E-state index in [4.69, 9.17) is 4.42 Å². The van der Waals surface area contributed by atoms with E-state index in [0.717, 1.165) is 5.56 Å². The molecule has 0 aliphatic rings. The lowest BCUT2D eigenvalue weighted by molar-refractivity contribution is 0.544. The summed E-state index contributed by atoms with van der Waals surface area (Å²) in [4.78, 5) is 8.89. The first-order valence-corrected chi connectivity index (χ1v) is 10.3. The fraction of sp³-hybridized carbons (Fsp3) is 0.444. The van der Waals surface area contributed by atoms with E-state index in [9.17, 15) is 8.42 Å². The van der Waals surface area contributed by atoms with Gasteiger partial charge in [0.05, 0.1) is 11.3 Å². The average Bonchev–Trinajstić information content (AvgIpc) is 3.06. The van der Waals surface area contributed by atoms with E-state index in [1.165, 1.54) is 6.26 Å². The first kappa shape index (κ1) is 23.4. The van der Waals surface area contributed by atoms with Gasteiger partial charge in [-0.3, -0.25) is 0 Å². The Morgan fingerprint density at radius 3 is 2.48 bits per heavy atom. The van der Waals surface area contributed by atoms with Crippen molar-refractivity contribution < 1.29 is 12.8 Å². The summed E-state index contributed by atoms with van der Waals surface area (Å²) in [6, 6.07) is 9.64. The van der Waals surface area contributed by atoms with Gasteiger partial charge in [0.25, 0.3) is 0 Å². The summed E-state index contributed by atoms with van der Waals surface area (Å²) >= 11 is 0. The standard InChI is InChI=1S/C18H26N4O3S.HI/c1-5-19-17(21-13-18(2,3)26(4,23)24)20-11-15-12-25-16(22-15)14-9-7-6-8-10-14;/h6-10,12H,5,11,13H2,1-4H3,(H2,19,20,21);1H. The van der Waals surface area contributed by atoms with Crippen molar-refractivity contribution in [3.8, 4) is 11.5 Å². The van der Waals surface area contributed by atoms with Crippen LogP contribution in [0.5, 0.6) is 0 Å². The Balaban J connectivity index is 0.00000364. The number of guanidine groups is 1. The van der Waals surface area contributed by atoms with E-state index < -0.39 is 14.6 Å². The quantitative estimate of drug-likeness (QED) is 0.341. The Bertz CT molecular complexity index is 849. The maximum Gasteiger partial charge on any atom is 0.226 e. The van der Waals surface area contributed by atoms with Crippen molar-refractivity contribution in [2.75, 3.05) is 19.3 Å². The Morgan fingerprint density at radius 1 is 1.22 bits per heavy atom. The maximum atomic E-state index is 11.8. The van der Waals surface area contributed by atoms with Gasteiger partial charge < -0.3 is 15.1 Å². The van der Waals surface area contributed by atoms with Gasteiger partial charge >= 0.3 is 0 Å². The number of nitrogens with one attached hydrogen (secondary N) is 2. The normalized spacial score (nSPS) is 12.4. The van der Waals surface area contributed by atoms with Gasteiger partial charge in [-0.05, 0) is 32.9 Å². The van der Waals surface area contributed by atoms with Gasteiger partial charge in [-0.1, -0.05) is 18.2 Å². The number of benzene rings is 1. The third-order valence-corrected chi connectivity index (χ3v) is 6.15. The summed E-state index contributed by atoms with van der Waals surface area (Å²) in [6.45, 7) is 6.56. The predicted octanol–water partition coefficient (Wildman–Crippen LogP) is 2.84. The lowest BCUT2D eigenvalue weighted by Crippen LogP contribution is -2.47. The van der Waals surface area contributed by atoms with E-state index in [1.807, 2.05) is 37.3 Å². The lowest BCUT2D eigenvalue weighted by atomic mass is 10.2. The smallest absolute Gasteiger partial charge is 0.226 e. The molecule has 1 heterocycles. The number of nitrogens with zero attached hydrogens (tertiary/aromatic N) is 2.